The summed E-state index contributed by atoms with van der Waals surface area (Å²) < 4.78 is 17.4. The minimum Gasteiger partial charge on any atom is -0.492 e. The number of benzene rings is 3. The average molecular weight is 616 g/mol. The van der Waals surface area contributed by atoms with Gasteiger partial charge in [0.25, 0.3) is 0 Å². The summed E-state index contributed by atoms with van der Waals surface area (Å²) in [7, 11) is 0. The minimum absolute atomic E-state index is 0.0480. The lowest BCUT2D eigenvalue weighted by Gasteiger charge is -2.24. The number of carbonyl (C=O) groups excluding carboxylic acids is 1. The van der Waals surface area contributed by atoms with Gasteiger partial charge in [0, 0.05) is 37.8 Å². The Bertz CT molecular complexity index is 1410. The van der Waals surface area contributed by atoms with Crippen molar-refractivity contribution in [3.63, 3.8) is 0 Å². The summed E-state index contributed by atoms with van der Waals surface area (Å²) in [5.41, 5.74) is 4.51. The number of hydrogen-bond donors (Lipinski definition) is 2. The summed E-state index contributed by atoms with van der Waals surface area (Å²) >= 11 is 5.67. The molecule has 0 radical (unpaired) electrons. The number of carbonyl (C=O) groups is 1. The van der Waals surface area contributed by atoms with Crippen molar-refractivity contribution >= 4 is 29.0 Å². The van der Waals surface area contributed by atoms with Crippen molar-refractivity contribution in [2.24, 2.45) is 11.8 Å². The Morgan fingerprint density at radius 3 is 2.27 bits per heavy atom. The zero-order valence-corrected chi connectivity index (χ0v) is 27.3. The third-order valence-corrected chi connectivity index (χ3v) is 8.87. The minimum atomic E-state index is -0.729. The van der Waals surface area contributed by atoms with Crippen LogP contribution >= 0.6 is 12.2 Å². The number of rotatable bonds is 12. The van der Waals surface area contributed by atoms with Crippen molar-refractivity contribution in [2.45, 2.75) is 58.6 Å². The first-order valence-corrected chi connectivity index (χ1v) is 16.0. The highest BCUT2D eigenvalue weighted by Gasteiger charge is 2.55. The van der Waals surface area contributed by atoms with Gasteiger partial charge in [0.2, 0.25) is 0 Å². The number of likely N-dealkylation sites (tertiary alicyclic amines) is 1. The first kappa shape index (κ1) is 31.8. The molecule has 1 unspecified atom stereocenters. The van der Waals surface area contributed by atoms with Gasteiger partial charge in [0.15, 0.2) is 11.2 Å². The Kier molecular flexibility index (Phi) is 10.1. The van der Waals surface area contributed by atoms with Gasteiger partial charge in [-0.1, -0.05) is 63.2 Å². The molecule has 1 saturated carbocycles. The monoisotopic (exact) mass is 615 g/mol. The third-order valence-electron chi connectivity index (χ3n) is 8.51. The van der Waals surface area contributed by atoms with E-state index in [0.717, 1.165) is 41.7 Å². The van der Waals surface area contributed by atoms with Gasteiger partial charge in [-0.2, -0.15) is 0 Å². The second-order valence-corrected chi connectivity index (χ2v) is 13.2. The van der Waals surface area contributed by atoms with E-state index < -0.39 is 6.10 Å². The number of hydrogen-bond acceptors (Lipinski definition) is 6. The van der Waals surface area contributed by atoms with E-state index in [9.17, 15) is 4.79 Å². The fraction of sp³-hybridized carbons (Fsp3) is 0.444. The van der Waals surface area contributed by atoms with Crippen LogP contribution in [0.3, 0.4) is 0 Å². The molecule has 1 heterocycles. The second kappa shape index (κ2) is 14.0. The van der Waals surface area contributed by atoms with Crippen LogP contribution in [0.15, 0.2) is 72.8 Å². The van der Waals surface area contributed by atoms with Crippen LogP contribution in [0.25, 0.3) is 0 Å². The van der Waals surface area contributed by atoms with E-state index in [1.54, 1.807) is 6.92 Å². The van der Waals surface area contributed by atoms with E-state index in [4.69, 9.17) is 26.4 Å². The maximum Gasteiger partial charge on any atom is 0.347 e. The Hall–Kier alpha value is -3.62. The number of fused-ring (bicyclic) bond motifs is 1. The molecular weight excluding hydrogens is 570 g/mol. The number of nitrogens with one attached hydrogen (secondary N) is 2. The molecule has 0 aromatic heterocycles. The summed E-state index contributed by atoms with van der Waals surface area (Å²) in [5, 5.41) is 7.88. The summed E-state index contributed by atoms with van der Waals surface area (Å²) in [5.74, 6) is 2.36. The predicted molar refractivity (Wildman–Crippen MR) is 180 cm³/mol. The van der Waals surface area contributed by atoms with Gasteiger partial charge < -0.3 is 29.7 Å². The lowest BCUT2D eigenvalue weighted by molar-refractivity contribution is -0.151. The van der Waals surface area contributed by atoms with Gasteiger partial charge in [0.1, 0.15) is 18.1 Å². The summed E-state index contributed by atoms with van der Waals surface area (Å²) in [6, 6.07) is 24.5. The smallest absolute Gasteiger partial charge is 0.347 e. The van der Waals surface area contributed by atoms with E-state index in [1.165, 1.54) is 11.1 Å². The summed E-state index contributed by atoms with van der Waals surface area (Å²) in [4.78, 5) is 15.0. The lowest BCUT2D eigenvalue weighted by atomic mass is 9.87. The summed E-state index contributed by atoms with van der Waals surface area (Å²) in [6.45, 7) is 14.1. The average Bonchev–Trinajstić information content (AvgIpc) is 3.43. The molecule has 0 bridgehead atoms. The van der Waals surface area contributed by atoms with Gasteiger partial charge >= 0.3 is 5.97 Å². The Labute approximate surface area is 267 Å². The largest absolute Gasteiger partial charge is 0.492 e. The van der Waals surface area contributed by atoms with E-state index in [2.05, 4.69) is 55.4 Å². The van der Waals surface area contributed by atoms with E-state index in [-0.39, 0.29) is 11.4 Å². The number of nitrogens with zero attached hydrogens (tertiary/aromatic N) is 1. The molecule has 2 aliphatic rings. The van der Waals surface area contributed by atoms with Crippen LogP contribution in [0, 0.1) is 18.8 Å². The maximum atomic E-state index is 12.7. The molecular formula is C36H45N3O4S. The number of thiocarbonyl (C=S) groups is 1. The molecule has 1 aliphatic carbocycles. The van der Waals surface area contributed by atoms with E-state index in [0.29, 0.717) is 43.3 Å². The van der Waals surface area contributed by atoms with Crippen LogP contribution in [-0.4, -0.2) is 61.0 Å². The highest BCUT2D eigenvalue weighted by atomic mass is 32.1. The molecule has 2 N–H and O–H groups in total. The SMILES string of the molecule is CCOC(=O)[C@H](Cc1ccc(OCCN[C@@H]2C3CN(C(=S)Nc4ccccc4C)C[C@H]32)cc1)Oc1ccc(C(C)(C)C)cc1. The molecule has 4 atom stereocenters. The topological polar surface area (TPSA) is 72.1 Å². The molecule has 234 valence electrons. The molecule has 3 aromatic carbocycles. The first-order valence-electron chi connectivity index (χ1n) is 15.6. The van der Waals surface area contributed by atoms with Gasteiger partial charge in [-0.25, -0.2) is 4.79 Å². The number of ether oxygens (including phenoxy) is 3. The zero-order chi connectivity index (χ0) is 31.3. The summed E-state index contributed by atoms with van der Waals surface area (Å²) in [6.07, 6.45) is -0.319. The molecule has 7 nitrogen and oxygen atoms in total. The molecule has 44 heavy (non-hydrogen) atoms. The molecule has 8 heteroatoms. The highest BCUT2D eigenvalue weighted by Crippen LogP contribution is 2.45. The molecule has 5 rings (SSSR count). The van der Waals surface area contributed by atoms with E-state index >= 15 is 0 Å². The van der Waals surface area contributed by atoms with Crippen LogP contribution in [0.2, 0.25) is 0 Å². The predicted octanol–water partition coefficient (Wildman–Crippen LogP) is 6.14. The van der Waals surface area contributed by atoms with Crippen molar-refractivity contribution in [1.82, 2.24) is 10.2 Å². The van der Waals surface area contributed by atoms with Gasteiger partial charge in [0.05, 0.1) is 6.61 Å². The fourth-order valence-electron chi connectivity index (χ4n) is 5.84. The number of anilines is 1. The van der Waals surface area contributed by atoms with Crippen molar-refractivity contribution in [3.05, 3.63) is 89.5 Å². The molecule has 0 amide bonds. The quantitative estimate of drug-likeness (QED) is 0.143. The van der Waals surface area contributed by atoms with Gasteiger partial charge in [-0.15, -0.1) is 0 Å². The van der Waals surface area contributed by atoms with Crippen LogP contribution in [-0.2, 0) is 21.4 Å². The van der Waals surface area contributed by atoms with Crippen LogP contribution < -0.4 is 20.1 Å². The number of piperidine rings is 1. The standard InChI is InChI=1S/C36H45N3O4S/c1-6-41-34(40)32(43-28-17-13-26(14-18-28)36(3,4)5)21-25-11-15-27(16-12-25)42-20-19-37-33-29-22-39(23-30(29)33)35(44)38-31-10-8-7-9-24(31)2/h7-18,29-30,32-33,37H,6,19-23H2,1-5H3,(H,38,44)/t29-,30?,32+,33+/m1/s1. The maximum absolute atomic E-state index is 12.7. The fourth-order valence-corrected chi connectivity index (χ4v) is 6.10. The van der Waals surface area contributed by atoms with Crippen molar-refractivity contribution in [3.8, 4) is 11.5 Å². The molecule has 1 aliphatic heterocycles. The highest BCUT2D eigenvalue weighted by molar-refractivity contribution is 7.80. The van der Waals surface area contributed by atoms with Crippen molar-refractivity contribution < 1.29 is 19.0 Å². The van der Waals surface area contributed by atoms with Gasteiger partial charge in [-0.3, -0.25) is 0 Å². The van der Waals surface area contributed by atoms with Gasteiger partial charge in [-0.05, 0) is 90.3 Å². The van der Waals surface area contributed by atoms with Crippen LogP contribution in [0.1, 0.15) is 44.4 Å². The van der Waals surface area contributed by atoms with Crippen molar-refractivity contribution in [2.75, 3.05) is 38.2 Å². The van der Waals surface area contributed by atoms with Crippen LogP contribution in [0.5, 0.6) is 11.5 Å². The number of esters is 1. The molecule has 2 fully saturated rings. The first-order chi connectivity index (χ1) is 21.1. The van der Waals surface area contributed by atoms with Crippen LogP contribution in [0.4, 0.5) is 5.69 Å². The lowest BCUT2D eigenvalue weighted by Crippen LogP contribution is -2.38. The number of aryl methyl sites for hydroxylation is 1. The zero-order valence-electron chi connectivity index (χ0n) is 26.5. The molecule has 0 spiro atoms. The normalized spacial score (nSPS) is 19.6. The second-order valence-electron chi connectivity index (χ2n) is 12.8. The molecule has 1 saturated heterocycles. The number of para-hydroxylation sites is 1. The Morgan fingerprint density at radius 1 is 0.977 bits per heavy atom. The Morgan fingerprint density at radius 2 is 1.64 bits per heavy atom. The van der Waals surface area contributed by atoms with Crippen molar-refractivity contribution in [1.29, 1.82) is 0 Å². The molecule has 3 aromatic rings. The third kappa shape index (κ3) is 8.10. The van der Waals surface area contributed by atoms with E-state index in [1.807, 2.05) is 60.7 Å². The Balaban J connectivity index is 1.03.